The van der Waals surface area contributed by atoms with E-state index in [0.717, 1.165) is 0 Å². The van der Waals surface area contributed by atoms with Crippen molar-refractivity contribution in [3.8, 4) is 0 Å². The minimum absolute atomic E-state index is 0.433. The highest BCUT2D eigenvalue weighted by Gasteiger charge is 2.52. The summed E-state index contributed by atoms with van der Waals surface area (Å²) in [7, 11) is 3.53. The van der Waals surface area contributed by atoms with Gasteiger partial charge in [-0.2, -0.15) is 0 Å². The molecule has 7 nitrogen and oxygen atoms in total. The highest BCUT2D eigenvalue weighted by Crippen LogP contribution is 2.34. The van der Waals surface area contributed by atoms with Crippen molar-refractivity contribution in [1.29, 1.82) is 0 Å². The van der Waals surface area contributed by atoms with Gasteiger partial charge < -0.3 is 14.4 Å². The summed E-state index contributed by atoms with van der Waals surface area (Å²) < 4.78 is 11.2. The molecule has 0 aromatic rings. The van der Waals surface area contributed by atoms with Crippen LogP contribution in [-0.2, 0) is 14.3 Å². The molecule has 1 rings (SSSR count). The fourth-order valence-electron chi connectivity index (χ4n) is 2.33. The molecular formula is C15H27N3O4. The van der Waals surface area contributed by atoms with Gasteiger partial charge in [-0.25, -0.2) is 9.79 Å². The lowest BCUT2D eigenvalue weighted by Gasteiger charge is -2.34. The van der Waals surface area contributed by atoms with Crippen LogP contribution in [0, 0.1) is 0 Å². The number of carbonyl (C=O) groups excluding carboxylic acids is 2. The molecule has 0 radical (unpaired) electrons. The lowest BCUT2D eigenvalue weighted by atomic mass is 10.1. The Balaban J connectivity index is 3.07. The molecule has 0 aromatic heterocycles. The summed E-state index contributed by atoms with van der Waals surface area (Å²) in [6.45, 7) is 10.5. The van der Waals surface area contributed by atoms with Gasteiger partial charge in [-0.05, 0) is 41.5 Å². The second kappa shape index (κ2) is 6.24. The summed E-state index contributed by atoms with van der Waals surface area (Å²) in [5, 5.41) is 0. The monoisotopic (exact) mass is 313 g/mol. The summed E-state index contributed by atoms with van der Waals surface area (Å²) in [6, 6.07) is -0.805. The topological polar surface area (TPSA) is 71.4 Å². The Morgan fingerprint density at radius 3 is 2.32 bits per heavy atom. The molecule has 2 amide bonds. The second-order valence-corrected chi connectivity index (χ2v) is 7.11. The highest BCUT2D eigenvalue weighted by molar-refractivity contribution is 5.92. The smallest absolute Gasteiger partial charge is 0.413 e. The molecule has 2 atom stereocenters. The molecular weight excluding hydrogens is 286 g/mol. The molecule has 126 valence electrons. The van der Waals surface area contributed by atoms with Crippen LogP contribution in [-0.4, -0.2) is 65.7 Å². The first-order valence-electron chi connectivity index (χ1n) is 7.30. The van der Waals surface area contributed by atoms with Crippen LogP contribution in [0.25, 0.3) is 0 Å². The van der Waals surface area contributed by atoms with E-state index in [1.165, 1.54) is 11.2 Å². The molecule has 0 spiro atoms. The fraction of sp³-hybridized carbons (Fsp3) is 0.800. The lowest BCUT2D eigenvalue weighted by molar-refractivity contribution is -0.123. The van der Waals surface area contributed by atoms with Gasteiger partial charge in [0.05, 0.1) is 12.4 Å². The number of aliphatic imine (C=N–C) groups is 1. The van der Waals surface area contributed by atoms with E-state index in [1.54, 1.807) is 60.5 Å². The molecule has 1 aliphatic rings. The second-order valence-electron chi connectivity index (χ2n) is 7.11. The zero-order valence-electron chi connectivity index (χ0n) is 14.7. The van der Waals surface area contributed by atoms with Crippen molar-refractivity contribution >= 4 is 18.3 Å². The Bertz CT molecular complexity index is 466. The highest BCUT2D eigenvalue weighted by atomic mass is 16.6. The van der Waals surface area contributed by atoms with Crippen LogP contribution in [0.1, 0.15) is 41.5 Å². The van der Waals surface area contributed by atoms with Crippen LogP contribution in [0.15, 0.2) is 4.99 Å². The number of nitrogens with zero attached hydrogens (tertiary/aromatic N) is 3. The Labute approximate surface area is 132 Å². The average Bonchev–Trinajstić information content (AvgIpc) is 2.53. The quantitative estimate of drug-likeness (QED) is 0.575. The van der Waals surface area contributed by atoms with Crippen LogP contribution in [0.4, 0.5) is 4.79 Å². The van der Waals surface area contributed by atoms with Gasteiger partial charge in [0, 0.05) is 14.1 Å². The fourth-order valence-corrected chi connectivity index (χ4v) is 2.33. The van der Waals surface area contributed by atoms with Gasteiger partial charge in [-0.3, -0.25) is 9.69 Å². The summed E-state index contributed by atoms with van der Waals surface area (Å²) in [6.07, 6.45) is 0.364. The SMILES string of the molecule is CC1OC(C)(C)N(C(=O)OC(C)(C)C)C1C(=O)/N=C\N(C)C. The molecule has 0 saturated carbocycles. The largest absolute Gasteiger partial charge is 0.444 e. The first kappa shape index (κ1) is 18.4. The maximum Gasteiger partial charge on any atom is 0.413 e. The van der Waals surface area contributed by atoms with Crippen molar-refractivity contribution in [1.82, 2.24) is 9.80 Å². The Morgan fingerprint density at radius 1 is 1.32 bits per heavy atom. The van der Waals surface area contributed by atoms with Gasteiger partial charge >= 0.3 is 6.09 Å². The normalized spacial score (nSPS) is 24.6. The minimum atomic E-state index is -0.935. The average molecular weight is 313 g/mol. The molecule has 22 heavy (non-hydrogen) atoms. The summed E-state index contributed by atoms with van der Waals surface area (Å²) in [5.41, 5.74) is -1.59. The molecule has 0 aliphatic carbocycles. The van der Waals surface area contributed by atoms with Gasteiger partial charge in [0.25, 0.3) is 5.91 Å². The zero-order valence-corrected chi connectivity index (χ0v) is 14.7. The third-order valence-electron chi connectivity index (χ3n) is 3.04. The standard InChI is InChI=1S/C15H27N3O4/c1-10-11(12(19)16-9-17(7)8)18(15(5,6)21-10)13(20)22-14(2,3)4/h9-11H,1-8H3/b16-9-. The number of rotatable bonds is 2. The molecule has 0 N–H and O–H groups in total. The number of hydrogen-bond donors (Lipinski definition) is 0. The van der Waals surface area contributed by atoms with Crippen molar-refractivity contribution in [3.05, 3.63) is 0 Å². The van der Waals surface area contributed by atoms with Gasteiger partial charge in [0.2, 0.25) is 0 Å². The lowest BCUT2D eigenvalue weighted by Crippen LogP contribution is -2.52. The van der Waals surface area contributed by atoms with Crippen molar-refractivity contribution in [2.45, 2.75) is 65.0 Å². The van der Waals surface area contributed by atoms with Crippen LogP contribution in [0.2, 0.25) is 0 Å². The molecule has 2 unspecified atom stereocenters. The molecule has 1 heterocycles. The minimum Gasteiger partial charge on any atom is -0.444 e. The Hall–Kier alpha value is -1.63. The molecule has 1 fully saturated rings. The molecule has 0 aromatic carbocycles. The van der Waals surface area contributed by atoms with E-state index in [1.807, 2.05) is 0 Å². The Morgan fingerprint density at radius 2 is 1.86 bits per heavy atom. The number of hydrogen-bond acceptors (Lipinski definition) is 4. The summed E-state index contributed by atoms with van der Waals surface area (Å²) in [5.74, 6) is -0.433. The van der Waals surface area contributed by atoms with Crippen LogP contribution in [0.5, 0.6) is 0 Å². The third-order valence-corrected chi connectivity index (χ3v) is 3.04. The number of carbonyl (C=O) groups is 2. The van der Waals surface area contributed by atoms with Gasteiger partial charge in [-0.15, -0.1) is 0 Å². The predicted octanol–water partition coefficient (Wildman–Crippen LogP) is 1.86. The van der Waals surface area contributed by atoms with Crippen molar-refractivity contribution in [2.75, 3.05) is 14.1 Å². The summed E-state index contributed by atoms with van der Waals surface area (Å²) in [4.78, 5) is 31.7. The van der Waals surface area contributed by atoms with E-state index >= 15 is 0 Å². The molecule has 1 aliphatic heterocycles. The van der Waals surface area contributed by atoms with Crippen molar-refractivity contribution < 1.29 is 19.1 Å². The van der Waals surface area contributed by atoms with Crippen LogP contribution < -0.4 is 0 Å². The first-order valence-corrected chi connectivity index (χ1v) is 7.30. The third kappa shape index (κ3) is 4.43. The van der Waals surface area contributed by atoms with Crippen molar-refractivity contribution in [2.24, 2.45) is 4.99 Å². The van der Waals surface area contributed by atoms with E-state index in [2.05, 4.69) is 4.99 Å². The van der Waals surface area contributed by atoms with E-state index < -0.39 is 35.5 Å². The zero-order chi connectivity index (χ0) is 17.3. The molecule has 7 heteroatoms. The van der Waals surface area contributed by atoms with Crippen LogP contribution in [0.3, 0.4) is 0 Å². The number of amides is 2. The van der Waals surface area contributed by atoms with E-state index in [-0.39, 0.29) is 0 Å². The molecule has 1 saturated heterocycles. The van der Waals surface area contributed by atoms with Crippen molar-refractivity contribution in [3.63, 3.8) is 0 Å². The van der Waals surface area contributed by atoms with Gasteiger partial charge in [0.1, 0.15) is 17.4 Å². The van der Waals surface area contributed by atoms with E-state index in [4.69, 9.17) is 9.47 Å². The predicted molar refractivity (Wildman–Crippen MR) is 83.7 cm³/mol. The first-order chi connectivity index (χ1) is 9.85. The Kier molecular flexibility index (Phi) is 5.22. The maximum atomic E-state index is 12.5. The van der Waals surface area contributed by atoms with Gasteiger partial charge in [-0.1, -0.05) is 0 Å². The summed E-state index contributed by atoms with van der Waals surface area (Å²) >= 11 is 0. The van der Waals surface area contributed by atoms with E-state index in [9.17, 15) is 9.59 Å². The maximum absolute atomic E-state index is 12.5. The molecule has 0 bridgehead atoms. The van der Waals surface area contributed by atoms with Gasteiger partial charge in [0.15, 0.2) is 0 Å². The van der Waals surface area contributed by atoms with Crippen LogP contribution >= 0.6 is 0 Å². The number of ether oxygens (including phenoxy) is 2. The van der Waals surface area contributed by atoms with E-state index in [0.29, 0.717) is 0 Å².